The molecule has 0 bridgehead atoms. The van der Waals surface area contributed by atoms with Crippen molar-refractivity contribution in [2.45, 2.75) is 38.8 Å². The van der Waals surface area contributed by atoms with Crippen LogP contribution in [0.3, 0.4) is 0 Å². The lowest BCUT2D eigenvalue weighted by Gasteiger charge is -2.23. The van der Waals surface area contributed by atoms with Gasteiger partial charge in [0.2, 0.25) is 5.91 Å². The quantitative estimate of drug-likeness (QED) is 0.824. The summed E-state index contributed by atoms with van der Waals surface area (Å²) in [5.41, 5.74) is 6.73. The van der Waals surface area contributed by atoms with E-state index in [1.807, 2.05) is 45.0 Å². The second-order valence-corrected chi connectivity index (χ2v) is 6.42. The second kappa shape index (κ2) is 5.82. The van der Waals surface area contributed by atoms with Crippen molar-refractivity contribution < 1.29 is 4.79 Å². The van der Waals surface area contributed by atoms with Gasteiger partial charge in [-0.2, -0.15) is 0 Å². The molecule has 0 spiro atoms. The number of nitrogens with one attached hydrogen (secondary N) is 1. The Bertz CT molecular complexity index is 381. The smallest absolute Gasteiger partial charge is 0.237 e. The zero-order valence-corrected chi connectivity index (χ0v) is 12.6. The van der Waals surface area contributed by atoms with Crippen molar-refractivity contribution in [1.29, 1.82) is 0 Å². The van der Waals surface area contributed by atoms with E-state index in [1.165, 1.54) is 3.57 Å². The molecule has 1 atom stereocenters. The van der Waals surface area contributed by atoms with Crippen LogP contribution in [-0.4, -0.2) is 17.5 Å². The zero-order chi connectivity index (χ0) is 13.1. The average Bonchev–Trinajstić information content (AvgIpc) is 2.19. The van der Waals surface area contributed by atoms with Crippen molar-refractivity contribution in [3.63, 3.8) is 0 Å². The highest BCUT2D eigenvalue weighted by Gasteiger charge is 2.19. The summed E-state index contributed by atoms with van der Waals surface area (Å²) in [6.45, 7) is 5.84. The van der Waals surface area contributed by atoms with Crippen molar-refractivity contribution in [1.82, 2.24) is 5.32 Å². The first-order chi connectivity index (χ1) is 7.78. The van der Waals surface area contributed by atoms with Crippen LogP contribution in [0.5, 0.6) is 0 Å². The Morgan fingerprint density at radius 3 is 2.35 bits per heavy atom. The Labute approximate surface area is 116 Å². The van der Waals surface area contributed by atoms with Crippen molar-refractivity contribution in [3.05, 3.63) is 33.4 Å². The third-order valence-electron chi connectivity index (χ3n) is 2.20. The summed E-state index contributed by atoms with van der Waals surface area (Å²) in [7, 11) is 0. The van der Waals surface area contributed by atoms with Gasteiger partial charge in [-0.3, -0.25) is 4.79 Å². The van der Waals surface area contributed by atoms with E-state index in [-0.39, 0.29) is 11.4 Å². The standard InChI is InChI=1S/C13H19IN2O/c1-13(2,3)16-12(17)11(15)8-9-4-6-10(14)7-5-9/h4-7,11H,8,15H2,1-3H3,(H,16,17). The molecule has 1 aromatic rings. The van der Waals surface area contributed by atoms with Gasteiger partial charge in [-0.05, 0) is 67.5 Å². The van der Waals surface area contributed by atoms with Gasteiger partial charge in [0, 0.05) is 9.11 Å². The monoisotopic (exact) mass is 346 g/mol. The highest BCUT2D eigenvalue weighted by Crippen LogP contribution is 2.09. The number of amides is 1. The van der Waals surface area contributed by atoms with Crippen molar-refractivity contribution >= 4 is 28.5 Å². The molecule has 0 aromatic heterocycles. The molecule has 4 heteroatoms. The topological polar surface area (TPSA) is 55.1 Å². The first-order valence-corrected chi connectivity index (χ1v) is 6.68. The summed E-state index contributed by atoms with van der Waals surface area (Å²) in [6, 6.07) is 7.56. The fourth-order valence-corrected chi connectivity index (χ4v) is 1.79. The molecular formula is C13H19IN2O. The van der Waals surface area contributed by atoms with Gasteiger partial charge in [0.1, 0.15) is 0 Å². The number of carbonyl (C=O) groups is 1. The van der Waals surface area contributed by atoms with Crippen LogP contribution in [0.2, 0.25) is 0 Å². The van der Waals surface area contributed by atoms with E-state index in [0.717, 1.165) is 5.56 Å². The number of halogens is 1. The second-order valence-electron chi connectivity index (χ2n) is 5.18. The molecular weight excluding hydrogens is 327 g/mol. The normalized spacial score (nSPS) is 13.2. The minimum absolute atomic E-state index is 0.101. The molecule has 0 saturated carbocycles. The van der Waals surface area contributed by atoms with E-state index in [2.05, 4.69) is 27.9 Å². The SMILES string of the molecule is CC(C)(C)NC(=O)C(N)Cc1ccc(I)cc1. The third-order valence-corrected chi connectivity index (χ3v) is 2.92. The van der Waals surface area contributed by atoms with E-state index < -0.39 is 6.04 Å². The lowest BCUT2D eigenvalue weighted by Crippen LogP contribution is -2.49. The molecule has 0 fully saturated rings. The van der Waals surface area contributed by atoms with E-state index in [9.17, 15) is 4.79 Å². The molecule has 0 heterocycles. The molecule has 94 valence electrons. The molecule has 0 radical (unpaired) electrons. The van der Waals surface area contributed by atoms with Crippen LogP contribution >= 0.6 is 22.6 Å². The van der Waals surface area contributed by atoms with Gasteiger partial charge in [0.05, 0.1) is 6.04 Å². The number of hydrogen-bond acceptors (Lipinski definition) is 2. The molecule has 1 rings (SSSR count). The van der Waals surface area contributed by atoms with Crippen molar-refractivity contribution in [2.24, 2.45) is 5.73 Å². The van der Waals surface area contributed by atoms with E-state index in [0.29, 0.717) is 6.42 Å². The number of carbonyl (C=O) groups excluding carboxylic acids is 1. The van der Waals surface area contributed by atoms with Crippen LogP contribution in [0.15, 0.2) is 24.3 Å². The predicted molar refractivity (Wildman–Crippen MR) is 78.7 cm³/mol. The molecule has 0 saturated heterocycles. The minimum Gasteiger partial charge on any atom is -0.350 e. The van der Waals surface area contributed by atoms with Crippen LogP contribution in [0.1, 0.15) is 26.3 Å². The number of nitrogens with two attached hydrogens (primary N) is 1. The summed E-state index contributed by atoms with van der Waals surface area (Å²) in [5.74, 6) is -0.101. The van der Waals surface area contributed by atoms with Crippen molar-refractivity contribution in [3.8, 4) is 0 Å². The van der Waals surface area contributed by atoms with Gasteiger partial charge in [-0.25, -0.2) is 0 Å². The van der Waals surface area contributed by atoms with Gasteiger partial charge in [0.25, 0.3) is 0 Å². The Morgan fingerprint density at radius 2 is 1.88 bits per heavy atom. The number of rotatable bonds is 3. The Hall–Kier alpha value is -0.620. The number of benzene rings is 1. The van der Waals surface area contributed by atoms with Gasteiger partial charge in [0.15, 0.2) is 0 Å². The van der Waals surface area contributed by atoms with Gasteiger partial charge >= 0.3 is 0 Å². The van der Waals surface area contributed by atoms with Gasteiger partial charge in [-0.1, -0.05) is 12.1 Å². The minimum atomic E-state index is -0.491. The fraction of sp³-hybridized carbons (Fsp3) is 0.462. The summed E-state index contributed by atoms with van der Waals surface area (Å²) in [4.78, 5) is 11.8. The summed E-state index contributed by atoms with van der Waals surface area (Å²) in [5, 5.41) is 2.89. The van der Waals surface area contributed by atoms with Crippen LogP contribution in [0, 0.1) is 3.57 Å². The third kappa shape index (κ3) is 5.50. The lowest BCUT2D eigenvalue weighted by atomic mass is 10.0. The highest BCUT2D eigenvalue weighted by atomic mass is 127. The fourth-order valence-electron chi connectivity index (χ4n) is 1.43. The molecule has 0 aliphatic carbocycles. The lowest BCUT2D eigenvalue weighted by molar-refractivity contribution is -0.123. The van der Waals surface area contributed by atoms with Crippen molar-refractivity contribution in [2.75, 3.05) is 0 Å². The van der Waals surface area contributed by atoms with E-state index >= 15 is 0 Å². The summed E-state index contributed by atoms with van der Waals surface area (Å²) in [6.07, 6.45) is 0.568. The largest absolute Gasteiger partial charge is 0.350 e. The predicted octanol–water partition coefficient (Wildman–Crippen LogP) is 2.08. The molecule has 3 nitrogen and oxygen atoms in total. The highest BCUT2D eigenvalue weighted by molar-refractivity contribution is 14.1. The van der Waals surface area contributed by atoms with Crippen LogP contribution in [0.4, 0.5) is 0 Å². The Balaban J connectivity index is 2.57. The maximum absolute atomic E-state index is 11.8. The Morgan fingerprint density at radius 1 is 1.35 bits per heavy atom. The van der Waals surface area contributed by atoms with Crippen LogP contribution < -0.4 is 11.1 Å². The van der Waals surface area contributed by atoms with Crippen LogP contribution in [-0.2, 0) is 11.2 Å². The van der Waals surface area contributed by atoms with Gasteiger partial charge < -0.3 is 11.1 Å². The average molecular weight is 346 g/mol. The molecule has 17 heavy (non-hydrogen) atoms. The summed E-state index contributed by atoms with van der Waals surface area (Å²) < 4.78 is 1.18. The molecule has 3 N–H and O–H groups in total. The molecule has 1 unspecified atom stereocenters. The maximum Gasteiger partial charge on any atom is 0.237 e. The maximum atomic E-state index is 11.8. The molecule has 0 aliphatic rings. The molecule has 1 amide bonds. The first kappa shape index (κ1) is 14.4. The van der Waals surface area contributed by atoms with E-state index in [1.54, 1.807) is 0 Å². The molecule has 1 aromatic carbocycles. The Kier molecular flexibility index (Phi) is 4.94. The number of hydrogen-bond donors (Lipinski definition) is 2. The van der Waals surface area contributed by atoms with E-state index in [4.69, 9.17) is 5.73 Å². The zero-order valence-electron chi connectivity index (χ0n) is 10.5. The first-order valence-electron chi connectivity index (χ1n) is 5.60. The van der Waals surface area contributed by atoms with Crippen LogP contribution in [0.25, 0.3) is 0 Å². The van der Waals surface area contributed by atoms with Gasteiger partial charge in [-0.15, -0.1) is 0 Å². The molecule has 0 aliphatic heterocycles. The summed E-state index contributed by atoms with van der Waals surface area (Å²) >= 11 is 2.25.